The molecule has 12 heteroatoms. The zero-order valence-corrected chi connectivity index (χ0v) is 22.9. The van der Waals surface area contributed by atoms with Crippen LogP contribution in [0, 0.1) is 5.92 Å². The summed E-state index contributed by atoms with van der Waals surface area (Å²) in [7, 11) is -1.47. The zero-order valence-electron chi connectivity index (χ0n) is 22.1. The highest BCUT2D eigenvalue weighted by molar-refractivity contribution is 7.90. The van der Waals surface area contributed by atoms with Crippen LogP contribution in [0.2, 0.25) is 0 Å². The number of pyridine rings is 2. The predicted molar refractivity (Wildman–Crippen MR) is 147 cm³/mol. The highest BCUT2D eigenvalue weighted by Gasteiger charge is 2.32. The standard InChI is InChI=1S/C26H34FN7O3S/c1-16(2)25-18-9-24(29-10-19(18)21(11-30-25)34-12-17(13-34)15-38(4,35)36)31-23-5-7-28-26(32-23)33-8-6-22(37-3)20(27)14-33/h5,7,9-11,16-17,20,22H,6,8,12-15H2,1-4H3,(H,28,29,31,32)/t20-,22+/m1/s1. The van der Waals surface area contributed by atoms with Gasteiger partial charge < -0.3 is 19.9 Å². The van der Waals surface area contributed by atoms with E-state index in [1.807, 2.05) is 23.4 Å². The van der Waals surface area contributed by atoms with Crippen molar-refractivity contribution in [2.75, 3.05) is 60.4 Å². The molecule has 0 bridgehead atoms. The van der Waals surface area contributed by atoms with Crippen molar-refractivity contribution in [2.24, 2.45) is 5.92 Å². The van der Waals surface area contributed by atoms with Crippen molar-refractivity contribution in [3.05, 3.63) is 36.4 Å². The molecule has 0 unspecified atom stereocenters. The van der Waals surface area contributed by atoms with Gasteiger partial charge in [-0.1, -0.05) is 13.8 Å². The number of rotatable bonds is 8. The summed E-state index contributed by atoms with van der Waals surface area (Å²) in [5.74, 6) is 2.16. The van der Waals surface area contributed by atoms with Gasteiger partial charge in [0.1, 0.15) is 27.6 Å². The van der Waals surface area contributed by atoms with E-state index in [-0.39, 0.29) is 24.1 Å². The molecule has 1 N–H and O–H groups in total. The smallest absolute Gasteiger partial charge is 0.227 e. The van der Waals surface area contributed by atoms with Crippen LogP contribution in [-0.4, -0.2) is 85.9 Å². The van der Waals surface area contributed by atoms with Crippen LogP contribution >= 0.6 is 0 Å². The summed E-state index contributed by atoms with van der Waals surface area (Å²) in [5, 5.41) is 5.23. The Balaban J connectivity index is 1.37. The molecule has 0 amide bonds. The van der Waals surface area contributed by atoms with Crippen LogP contribution in [0.1, 0.15) is 31.9 Å². The lowest BCUT2D eigenvalue weighted by Gasteiger charge is -2.41. The molecule has 5 rings (SSSR count). The van der Waals surface area contributed by atoms with E-state index >= 15 is 0 Å². The van der Waals surface area contributed by atoms with E-state index in [0.29, 0.717) is 43.6 Å². The van der Waals surface area contributed by atoms with Gasteiger partial charge in [0.15, 0.2) is 0 Å². The van der Waals surface area contributed by atoms with Gasteiger partial charge in [-0.2, -0.15) is 4.98 Å². The van der Waals surface area contributed by atoms with Crippen molar-refractivity contribution in [2.45, 2.75) is 38.5 Å². The SMILES string of the molecule is CO[C@H]1CCN(c2nccc(Nc3cc4c(C(C)C)ncc(N5CC(CS(C)(=O)=O)C5)c4cn3)n2)C[C@H]1F. The van der Waals surface area contributed by atoms with E-state index in [1.54, 1.807) is 12.3 Å². The molecule has 0 spiro atoms. The van der Waals surface area contributed by atoms with Gasteiger partial charge in [0.2, 0.25) is 5.95 Å². The molecule has 0 radical (unpaired) electrons. The number of aromatic nitrogens is 4. The normalized spacial score (nSPS) is 20.7. The first-order valence-electron chi connectivity index (χ1n) is 12.8. The summed E-state index contributed by atoms with van der Waals surface area (Å²) >= 11 is 0. The van der Waals surface area contributed by atoms with E-state index in [0.717, 1.165) is 22.2 Å². The first-order valence-corrected chi connectivity index (χ1v) is 14.9. The Kier molecular flexibility index (Phi) is 7.36. The summed E-state index contributed by atoms with van der Waals surface area (Å²) in [4.78, 5) is 22.3. The minimum atomic E-state index is -3.00. The van der Waals surface area contributed by atoms with Gasteiger partial charge in [-0.15, -0.1) is 0 Å². The molecule has 38 heavy (non-hydrogen) atoms. The average Bonchev–Trinajstić information content (AvgIpc) is 2.85. The second kappa shape index (κ2) is 10.6. The average molecular weight is 544 g/mol. The Bertz CT molecular complexity index is 1420. The van der Waals surface area contributed by atoms with Crippen molar-refractivity contribution in [1.82, 2.24) is 19.9 Å². The van der Waals surface area contributed by atoms with Crippen LogP contribution in [0.3, 0.4) is 0 Å². The third-order valence-corrected chi connectivity index (χ3v) is 8.21. The lowest BCUT2D eigenvalue weighted by molar-refractivity contribution is 0.0194. The lowest BCUT2D eigenvalue weighted by Crippen LogP contribution is -2.49. The van der Waals surface area contributed by atoms with Crippen molar-refractivity contribution >= 4 is 43.9 Å². The number of fused-ring (bicyclic) bond motifs is 1. The molecular weight excluding hydrogens is 509 g/mol. The molecule has 5 heterocycles. The fourth-order valence-corrected chi connectivity index (χ4v) is 6.32. The third-order valence-electron chi connectivity index (χ3n) is 7.13. The Morgan fingerprint density at radius 1 is 1.11 bits per heavy atom. The maximum Gasteiger partial charge on any atom is 0.227 e. The summed E-state index contributed by atoms with van der Waals surface area (Å²) in [6, 6.07) is 3.72. The van der Waals surface area contributed by atoms with Crippen LogP contribution in [0.15, 0.2) is 30.7 Å². The minimum Gasteiger partial charge on any atom is -0.378 e. The number of ether oxygens (including phenoxy) is 1. The molecule has 2 saturated heterocycles. The molecule has 3 aromatic rings. The number of nitrogens with zero attached hydrogens (tertiary/aromatic N) is 6. The highest BCUT2D eigenvalue weighted by atomic mass is 32.2. The van der Waals surface area contributed by atoms with Crippen molar-refractivity contribution in [3.63, 3.8) is 0 Å². The van der Waals surface area contributed by atoms with Gasteiger partial charge in [-0.25, -0.2) is 22.8 Å². The van der Waals surface area contributed by atoms with Gasteiger partial charge in [0.25, 0.3) is 0 Å². The largest absolute Gasteiger partial charge is 0.378 e. The molecule has 0 saturated carbocycles. The first kappa shape index (κ1) is 26.5. The fourth-order valence-electron chi connectivity index (χ4n) is 5.25. The molecule has 3 aromatic heterocycles. The van der Waals surface area contributed by atoms with Crippen LogP contribution < -0.4 is 15.1 Å². The molecule has 2 aliphatic rings. The number of sulfone groups is 1. The number of methoxy groups -OCH3 is 1. The van der Waals surface area contributed by atoms with Crippen molar-refractivity contribution < 1.29 is 17.5 Å². The third kappa shape index (κ3) is 5.65. The van der Waals surface area contributed by atoms with E-state index in [1.165, 1.54) is 13.4 Å². The minimum absolute atomic E-state index is 0.124. The quantitative estimate of drug-likeness (QED) is 0.454. The number of alkyl halides is 1. The van der Waals surface area contributed by atoms with E-state index in [4.69, 9.17) is 9.72 Å². The van der Waals surface area contributed by atoms with Gasteiger partial charge >= 0.3 is 0 Å². The fraction of sp³-hybridized carbons (Fsp3) is 0.538. The number of hydrogen-bond donors (Lipinski definition) is 1. The molecular formula is C26H34FN7O3S. The summed E-state index contributed by atoms with van der Waals surface area (Å²) in [5.41, 5.74) is 1.92. The van der Waals surface area contributed by atoms with Crippen LogP contribution in [0.5, 0.6) is 0 Å². The van der Waals surface area contributed by atoms with Crippen LogP contribution in [0.25, 0.3) is 10.8 Å². The number of anilines is 4. The molecule has 2 fully saturated rings. The second-order valence-corrected chi connectivity index (χ2v) is 12.7. The molecule has 10 nitrogen and oxygen atoms in total. The van der Waals surface area contributed by atoms with Crippen molar-refractivity contribution in [1.29, 1.82) is 0 Å². The first-order chi connectivity index (χ1) is 18.1. The maximum absolute atomic E-state index is 14.4. The molecule has 0 aromatic carbocycles. The number of hydrogen-bond acceptors (Lipinski definition) is 10. The topological polar surface area (TPSA) is 113 Å². The molecule has 0 aliphatic carbocycles. The maximum atomic E-state index is 14.4. The van der Waals surface area contributed by atoms with E-state index in [9.17, 15) is 12.8 Å². The van der Waals surface area contributed by atoms with E-state index < -0.39 is 22.1 Å². The van der Waals surface area contributed by atoms with Crippen molar-refractivity contribution in [3.8, 4) is 0 Å². The van der Waals surface area contributed by atoms with Gasteiger partial charge in [0, 0.05) is 62.1 Å². The molecule has 2 aliphatic heterocycles. The second-order valence-electron chi connectivity index (χ2n) is 10.6. The van der Waals surface area contributed by atoms with E-state index in [2.05, 4.69) is 39.0 Å². The monoisotopic (exact) mass is 543 g/mol. The lowest BCUT2D eigenvalue weighted by atomic mass is 9.98. The van der Waals surface area contributed by atoms with Gasteiger partial charge in [-0.3, -0.25) is 4.98 Å². The summed E-state index contributed by atoms with van der Waals surface area (Å²) < 4.78 is 43.0. The summed E-state index contributed by atoms with van der Waals surface area (Å²) in [6.45, 7) is 6.35. The number of nitrogens with one attached hydrogen (secondary N) is 1. The molecule has 2 atom stereocenters. The Morgan fingerprint density at radius 2 is 1.89 bits per heavy atom. The number of piperidine rings is 1. The van der Waals surface area contributed by atoms with Crippen LogP contribution in [-0.2, 0) is 14.6 Å². The Morgan fingerprint density at radius 3 is 2.58 bits per heavy atom. The Hall–Kier alpha value is -3.12. The summed E-state index contributed by atoms with van der Waals surface area (Å²) in [6.07, 6.45) is 5.71. The van der Waals surface area contributed by atoms with Gasteiger partial charge in [-0.05, 0) is 24.5 Å². The number of halogens is 1. The van der Waals surface area contributed by atoms with Crippen LogP contribution in [0.4, 0.5) is 27.7 Å². The Labute approximate surface area is 222 Å². The zero-order chi connectivity index (χ0) is 27.0. The highest BCUT2D eigenvalue weighted by Crippen LogP contribution is 2.35. The predicted octanol–water partition coefficient (Wildman–Crippen LogP) is 3.33. The van der Waals surface area contributed by atoms with Gasteiger partial charge in [0.05, 0.1) is 36.0 Å². The molecule has 204 valence electrons.